The molecule has 0 saturated carbocycles. The van der Waals surface area contributed by atoms with Crippen LogP contribution in [0.3, 0.4) is 0 Å². The van der Waals surface area contributed by atoms with Crippen molar-refractivity contribution in [2.24, 2.45) is 0 Å². The highest BCUT2D eigenvalue weighted by molar-refractivity contribution is 7.13. The monoisotopic (exact) mass is 423 g/mol. The first-order valence-electron chi connectivity index (χ1n) is 9.85. The molecule has 0 bridgehead atoms. The summed E-state index contributed by atoms with van der Waals surface area (Å²) in [5, 5.41) is 8.14. The van der Waals surface area contributed by atoms with Gasteiger partial charge in [0.1, 0.15) is 0 Å². The van der Waals surface area contributed by atoms with Crippen molar-refractivity contribution in [2.45, 2.75) is 32.7 Å². The summed E-state index contributed by atoms with van der Waals surface area (Å²) in [4.78, 5) is 28.4. The average Bonchev–Trinajstić information content (AvgIpc) is 3.26. The molecule has 0 aliphatic heterocycles. The molecule has 6 nitrogen and oxygen atoms in total. The Morgan fingerprint density at radius 3 is 2.53 bits per heavy atom. The van der Waals surface area contributed by atoms with E-state index in [1.165, 1.54) is 16.9 Å². The molecule has 0 radical (unpaired) electrons. The molecule has 0 aliphatic carbocycles. The molecular formula is C23H25N3O3S. The summed E-state index contributed by atoms with van der Waals surface area (Å²) in [6, 6.07) is 17.6. The number of nitrogens with one attached hydrogen (secondary N) is 2. The fraction of sp³-hybridized carbons (Fsp3) is 0.261. The van der Waals surface area contributed by atoms with E-state index >= 15 is 0 Å². The minimum atomic E-state index is -0.624. The Kier molecular flexibility index (Phi) is 7.57. The van der Waals surface area contributed by atoms with Crippen LogP contribution in [0.15, 0.2) is 60.0 Å². The fourth-order valence-electron chi connectivity index (χ4n) is 2.76. The van der Waals surface area contributed by atoms with Gasteiger partial charge in [-0.3, -0.25) is 4.79 Å². The zero-order valence-corrected chi connectivity index (χ0v) is 17.9. The van der Waals surface area contributed by atoms with Gasteiger partial charge in [0, 0.05) is 17.6 Å². The Labute approximate surface area is 180 Å². The molecule has 3 rings (SSSR count). The number of thiazole rings is 1. The van der Waals surface area contributed by atoms with Gasteiger partial charge in [0.05, 0.1) is 0 Å². The first kappa shape index (κ1) is 21.5. The minimum absolute atomic E-state index is 0.182. The normalized spacial score (nSPS) is 11.5. The van der Waals surface area contributed by atoms with Gasteiger partial charge in [-0.05, 0) is 35.6 Å². The molecule has 1 heterocycles. The number of esters is 1. The maximum atomic E-state index is 12.2. The highest BCUT2D eigenvalue weighted by Gasteiger charge is 2.14. The van der Waals surface area contributed by atoms with Crippen molar-refractivity contribution in [3.63, 3.8) is 0 Å². The molecule has 0 unspecified atom stereocenters. The summed E-state index contributed by atoms with van der Waals surface area (Å²) in [7, 11) is 0. The quantitative estimate of drug-likeness (QED) is 0.470. The standard InChI is InChI=1S/C23H25N3O3S/c1-3-16(2)18-9-11-19(12-10-18)25-21(27)14-29-22(28)20-15-30-23(26-20)24-13-17-7-5-4-6-8-17/h4-12,15-16H,3,13-14H2,1-2H3,(H,24,26)(H,25,27)/t16-/m0/s1. The third-order valence-corrected chi connectivity index (χ3v) is 5.51. The molecule has 0 fully saturated rings. The smallest absolute Gasteiger partial charge is 0.358 e. The van der Waals surface area contributed by atoms with Crippen LogP contribution < -0.4 is 10.6 Å². The molecule has 1 aromatic heterocycles. The van der Waals surface area contributed by atoms with Gasteiger partial charge in [0.15, 0.2) is 17.4 Å². The van der Waals surface area contributed by atoms with Crippen molar-refractivity contribution >= 4 is 34.0 Å². The minimum Gasteiger partial charge on any atom is -0.451 e. The first-order chi connectivity index (χ1) is 14.5. The number of ether oxygens (including phenoxy) is 1. The molecular weight excluding hydrogens is 398 g/mol. The molecule has 1 amide bonds. The number of benzene rings is 2. The van der Waals surface area contributed by atoms with Crippen LogP contribution in [0.2, 0.25) is 0 Å². The number of anilines is 2. The Hall–Kier alpha value is -3.19. The third-order valence-electron chi connectivity index (χ3n) is 4.71. The van der Waals surface area contributed by atoms with Gasteiger partial charge in [-0.25, -0.2) is 9.78 Å². The fourth-order valence-corrected chi connectivity index (χ4v) is 3.43. The lowest BCUT2D eigenvalue weighted by Crippen LogP contribution is -2.21. The second-order valence-corrected chi connectivity index (χ2v) is 7.79. The number of carbonyl (C=O) groups excluding carboxylic acids is 2. The molecule has 3 aromatic rings. The van der Waals surface area contributed by atoms with Crippen molar-refractivity contribution in [3.05, 3.63) is 76.8 Å². The number of rotatable bonds is 9. The molecule has 0 saturated heterocycles. The topological polar surface area (TPSA) is 80.3 Å². The number of hydrogen-bond donors (Lipinski definition) is 2. The number of carbonyl (C=O) groups is 2. The second kappa shape index (κ2) is 10.5. The number of nitrogens with zero attached hydrogens (tertiary/aromatic N) is 1. The SMILES string of the molecule is CC[C@H](C)c1ccc(NC(=O)COC(=O)c2csc(NCc3ccccc3)n2)cc1. The summed E-state index contributed by atoms with van der Waals surface area (Å²) in [5.41, 5.74) is 3.19. The average molecular weight is 424 g/mol. The van der Waals surface area contributed by atoms with Gasteiger partial charge in [-0.1, -0.05) is 56.3 Å². The predicted octanol–water partition coefficient (Wildman–Crippen LogP) is 5.06. The van der Waals surface area contributed by atoms with Crippen LogP contribution in [-0.2, 0) is 16.1 Å². The summed E-state index contributed by atoms with van der Waals surface area (Å²) >= 11 is 1.32. The zero-order chi connectivity index (χ0) is 21.3. The van der Waals surface area contributed by atoms with Crippen LogP contribution in [0.1, 0.15) is 47.8 Å². The van der Waals surface area contributed by atoms with Crippen LogP contribution in [0, 0.1) is 0 Å². The van der Waals surface area contributed by atoms with Crippen LogP contribution in [0.4, 0.5) is 10.8 Å². The lowest BCUT2D eigenvalue weighted by Gasteiger charge is -2.10. The maximum Gasteiger partial charge on any atom is 0.358 e. The van der Waals surface area contributed by atoms with Crippen molar-refractivity contribution in [1.29, 1.82) is 0 Å². The van der Waals surface area contributed by atoms with E-state index < -0.39 is 11.9 Å². The van der Waals surface area contributed by atoms with Gasteiger partial charge in [-0.15, -0.1) is 11.3 Å². The van der Waals surface area contributed by atoms with Gasteiger partial charge < -0.3 is 15.4 Å². The molecule has 7 heteroatoms. The lowest BCUT2D eigenvalue weighted by atomic mass is 9.99. The van der Waals surface area contributed by atoms with Gasteiger partial charge in [-0.2, -0.15) is 0 Å². The van der Waals surface area contributed by atoms with Crippen LogP contribution in [0.25, 0.3) is 0 Å². The molecule has 30 heavy (non-hydrogen) atoms. The van der Waals surface area contributed by atoms with E-state index in [4.69, 9.17) is 4.74 Å². The van der Waals surface area contributed by atoms with E-state index in [0.717, 1.165) is 12.0 Å². The molecule has 2 N–H and O–H groups in total. The molecule has 0 spiro atoms. The number of aromatic nitrogens is 1. The predicted molar refractivity (Wildman–Crippen MR) is 120 cm³/mol. The summed E-state index contributed by atoms with van der Waals surface area (Å²) in [6.07, 6.45) is 1.06. The third kappa shape index (κ3) is 6.15. The van der Waals surface area contributed by atoms with E-state index in [-0.39, 0.29) is 12.3 Å². The largest absolute Gasteiger partial charge is 0.451 e. The van der Waals surface area contributed by atoms with Crippen LogP contribution in [0.5, 0.6) is 0 Å². The lowest BCUT2D eigenvalue weighted by molar-refractivity contribution is -0.119. The van der Waals surface area contributed by atoms with Gasteiger partial charge in [0.25, 0.3) is 5.91 Å². The van der Waals surface area contributed by atoms with Gasteiger partial charge in [0.2, 0.25) is 0 Å². The number of hydrogen-bond acceptors (Lipinski definition) is 6. The van der Waals surface area contributed by atoms with Crippen molar-refractivity contribution in [3.8, 4) is 0 Å². The van der Waals surface area contributed by atoms with E-state index in [1.54, 1.807) is 5.38 Å². The highest BCUT2D eigenvalue weighted by Crippen LogP contribution is 2.20. The summed E-state index contributed by atoms with van der Waals surface area (Å²) in [5.74, 6) is -0.542. The van der Waals surface area contributed by atoms with E-state index in [1.807, 2.05) is 54.6 Å². The van der Waals surface area contributed by atoms with Crippen molar-refractivity contribution < 1.29 is 14.3 Å². The van der Waals surface area contributed by atoms with E-state index in [0.29, 0.717) is 23.3 Å². The Bertz CT molecular complexity index is 971. The zero-order valence-electron chi connectivity index (χ0n) is 17.1. The summed E-state index contributed by atoms with van der Waals surface area (Å²) in [6.45, 7) is 4.55. The van der Waals surface area contributed by atoms with Gasteiger partial charge >= 0.3 is 5.97 Å². The van der Waals surface area contributed by atoms with Crippen molar-refractivity contribution in [2.75, 3.05) is 17.2 Å². The highest BCUT2D eigenvalue weighted by atomic mass is 32.1. The van der Waals surface area contributed by atoms with E-state index in [2.05, 4.69) is 29.5 Å². The number of amides is 1. The van der Waals surface area contributed by atoms with E-state index in [9.17, 15) is 9.59 Å². The summed E-state index contributed by atoms with van der Waals surface area (Å²) < 4.78 is 5.08. The molecule has 156 valence electrons. The first-order valence-corrected chi connectivity index (χ1v) is 10.7. The second-order valence-electron chi connectivity index (χ2n) is 6.93. The van der Waals surface area contributed by atoms with Crippen molar-refractivity contribution in [1.82, 2.24) is 4.98 Å². The molecule has 2 aromatic carbocycles. The molecule has 1 atom stereocenters. The van der Waals surface area contributed by atoms with Crippen LogP contribution >= 0.6 is 11.3 Å². The molecule has 0 aliphatic rings. The Balaban J connectivity index is 1.44. The maximum absolute atomic E-state index is 12.2. The Morgan fingerprint density at radius 1 is 1.10 bits per heavy atom. The Morgan fingerprint density at radius 2 is 1.83 bits per heavy atom. The van der Waals surface area contributed by atoms with Crippen LogP contribution in [-0.4, -0.2) is 23.5 Å².